The van der Waals surface area contributed by atoms with Crippen LogP contribution in [0.5, 0.6) is 0 Å². The zero-order valence-corrected chi connectivity index (χ0v) is 45.8. The minimum absolute atomic E-state index is 0. The number of carbonyl (C=O) groups excluding carboxylic acids is 4. The summed E-state index contributed by atoms with van der Waals surface area (Å²) in [6.07, 6.45) is 4.07. The van der Waals surface area contributed by atoms with Crippen LogP contribution in [0.2, 0.25) is 0 Å². The number of esters is 3. The summed E-state index contributed by atoms with van der Waals surface area (Å²) < 4.78 is 53.2. The van der Waals surface area contributed by atoms with Gasteiger partial charge in [-0.05, 0) is 136 Å². The van der Waals surface area contributed by atoms with E-state index in [1.54, 1.807) is 61.5 Å². The van der Waals surface area contributed by atoms with Crippen molar-refractivity contribution in [3.05, 3.63) is 24.8 Å². The maximum atomic E-state index is 11.4. The number of fused-ring (bicyclic) bond motifs is 1. The second-order valence-corrected chi connectivity index (χ2v) is 19.8. The quantitative estimate of drug-likeness (QED) is 0.0376. The van der Waals surface area contributed by atoms with E-state index in [2.05, 4.69) is 11.3 Å². The molecule has 0 bridgehead atoms. The van der Waals surface area contributed by atoms with Gasteiger partial charge >= 0.3 is 17.9 Å². The summed E-state index contributed by atoms with van der Waals surface area (Å²) in [5.41, 5.74) is 0. The topological polar surface area (TPSA) is 302 Å². The van der Waals surface area contributed by atoms with E-state index in [9.17, 15) is 29.4 Å². The van der Waals surface area contributed by atoms with Gasteiger partial charge in [0.2, 0.25) is 0 Å². The van der Waals surface area contributed by atoms with Gasteiger partial charge in [0.25, 0.3) is 0 Å². The number of aliphatic hydroxyl groups is 7. The van der Waals surface area contributed by atoms with Crippen molar-refractivity contribution in [1.82, 2.24) is 0 Å². The third-order valence-electron chi connectivity index (χ3n) is 9.49. The average molecular weight is 1120 g/mol. The molecule has 1 unspecified atom stereocenters. The molecule has 0 amide bonds. The van der Waals surface area contributed by atoms with Crippen LogP contribution in [0.4, 0.5) is 0 Å². The lowest BCUT2D eigenvalue weighted by atomic mass is 10.1. The number of aliphatic hydroxyl groups excluding tert-OH is 7. The number of ether oxygens (including phenoxy) is 10. The molecule has 0 spiro atoms. The Morgan fingerprint density at radius 2 is 1.04 bits per heavy atom. The number of hydrogen-bond acceptors (Lipinski definition) is 21. The minimum Gasteiger partial charge on any atom is -0.463 e. The summed E-state index contributed by atoms with van der Waals surface area (Å²) in [5, 5.41) is 62.1. The highest BCUT2D eigenvalue weighted by molar-refractivity contribution is 5.82. The molecule has 7 N–H and O–H groups in total. The Morgan fingerprint density at radius 1 is 0.610 bits per heavy atom. The van der Waals surface area contributed by atoms with E-state index in [0.717, 1.165) is 6.08 Å². The molecule has 4 heterocycles. The van der Waals surface area contributed by atoms with Crippen LogP contribution in [-0.2, 0) is 66.5 Å². The maximum absolute atomic E-state index is 11.4. The molecule has 4 saturated heterocycles. The molecule has 77 heavy (non-hydrogen) atoms. The van der Waals surface area contributed by atoms with Gasteiger partial charge in [0.05, 0.1) is 69.2 Å². The fourth-order valence-electron chi connectivity index (χ4n) is 6.79. The van der Waals surface area contributed by atoms with E-state index in [1.165, 1.54) is 13.0 Å². The highest BCUT2D eigenvalue weighted by atomic mass is 16.8. The van der Waals surface area contributed by atoms with E-state index in [0.29, 0.717) is 58.0 Å². The Hall–Kier alpha value is -3.00. The van der Waals surface area contributed by atoms with Gasteiger partial charge < -0.3 is 87.9 Å². The second-order valence-electron chi connectivity index (χ2n) is 19.8. The van der Waals surface area contributed by atoms with Crippen LogP contribution in [0.3, 0.4) is 0 Å². The third-order valence-corrected chi connectivity index (χ3v) is 9.49. The van der Waals surface area contributed by atoms with Gasteiger partial charge in [-0.3, -0.25) is 4.79 Å². The summed E-state index contributed by atoms with van der Waals surface area (Å²) >= 11 is 0. The van der Waals surface area contributed by atoms with Crippen molar-refractivity contribution in [2.75, 3.05) is 26.4 Å². The molecule has 0 aromatic heterocycles. The molecule has 4 aliphatic heterocycles. The summed E-state index contributed by atoms with van der Waals surface area (Å²) in [6.45, 7) is 29.8. The zero-order valence-electron chi connectivity index (χ0n) is 45.8. The summed E-state index contributed by atoms with van der Waals surface area (Å²) in [4.78, 5) is 43.4. The van der Waals surface area contributed by atoms with Gasteiger partial charge in [0.15, 0.2) is 23.7 Å². The smallest absolute Gasteiger partial charge is 0.330 e. The van der Waals surface area contributed by atoms with Crippen LogP contribution in [0.1, 0.15) is 192 Å². The predicted octanol–water partition coefficient (Wildman–Crippen LogP) is 7.41. The van der Waals surface area contributed by atoms with Crippen LogP contribution >= 0.6 is 0 Å². The van der Waals surface area contributed by atoms with Crippen molar-refractivity contribution >= 4 is 23.7 Å². The minimum atomic E-state index is -1.09. The fourth-order valence-corrected chi connectivity index (χ4v) is 6.79. The standard InChI is InChI=1S/C13H24O5.C13H22O5.C8H14O4.C8H16O4.C6H10O2.C3H8O.5CH4/c2*1-9(2)16-12(15)7-5-6-10-11(8-14)18-13(3,4)17-10;1-8(2)11-5-3-7(9)10-4-6(5)12-8;1-6(10)3-2-4-7(11)8(12)5-9;1-4-6(7)8-5(2)3;1-3(2)4;;;;;/h9-11,14H,5-8H2,1-4H3;5,7,9-11,14H,6,8H2,1-4H3;5-7,9H,3-4H2,1-2H3;7-9,11-12H,2-5H2,1H3;4-5H,1H2,2-3H3;3-4H,1-2H3;5*1H4/b;7-5+;;;;;;;;;/t2*10-,11+;5-,6+,7?;7-,8+;;;;;;;/m0000......./s1. The largest absolute Gasteiger partial charge is 0.463 e. The molecule has 0 saturated carbocycles. The second kappa shape index (κ2) is 45.7. The highest BCUT2D eigenvalue weighted by Crippen LogP contribution is 2.34. The van der Waals surface area contributed by atoms with E-state index in [1.807, 2.05) is 41.5 Å². The molecule has 4 aliphatic rings. The Balaban J connectivity index is -0.000000157. The molecular formula is C56H114O21. The summed E-state index contributed by atoms with van der Waals surface area (Å²) in [5.74, 6) is -2.73. The lowest BCUT2D eigenvalue weighted by molar-refractivity contribution is -0.167. The fraction of sp³-hybridized carbons (Fsp3) is 0.857. The van der Waals surface area contributed by atoms with Gasteiger partial charge in [-0.15, -0.1) is 0 Å². The maximum Gasteiger partial charge on any atom is 0.330 e. The van der Waals surface area contributed by atoms with Crippen LogP contribution in [0, 0.1) is 0 Å². The van der Waals surface area contributed by atoms with Gasteiger partial charge in [0, 0.05) is 37.5 Å². The van der Waals surface area contributed by atoms with Gasteiger partial charge in [0.1, 0.15) is 30.2 Å². The number of rotatable bonds is 19. The summed E-state index contributed by atoms with van der Waals surface area (Å²) in [6, 6.07) is 0. The summed E-state index contributed by atoms with van der Waals surface area (Å²) in [7, 11) is 0. The SMILES string of the molecule is C.C.C.C.C.C=CC(=O)OC(C)C.CC(=O)CCC[C@H](O)[C@H](O)CO.CC(C)O.CC(C)OC(=O)/C=C/C[C@@H]1OC(C)(C)O[C@@H]1CO.CC(C)OC(=O)CCC[C@@H]1OC(C)(C)O[C@@H]1CO.CC1(C)O[C@H]2CC(O)OC[C@H]2O1. The molecule has 21 heteroatoms. The van der Waals surface area contributed by atoms with Crippen molar-refractivity contribution in [3.8, 4) is 0 Å². The molecule has 0 aromatic carbocycles. The number of Topliss-reactive ketones (excluding diaryl/α,β-unsaturated/α-hetero) is 1. The van der Waals surface area contributed by atoms with Crippen LogP contribution in [-0.4, -0.2) is 183 Å². The first-order valence-electron chi connectivity index (χ1n) is 24.8. The molecule has 4 fully saturated rings. The third kappa shape index (κ3) is 45.4. The van der Waals surface area contributed by atoms with Gasteiger partial charge in [-0.25, -0.2) is 9.59 Å². The Kier molecular flexibility index (Phi) is 52.1. The molecule has 0 aromatic rings. The zero-order chi connectivity index (χ0) is 56.0. The van der Waals surface area contributed by atoms with Crippen molar-refractivity contribution < 1.29 is 102 Å². The van der Waals surface area contributed by atoms with E-state index in [4.69, 9.17) is 68.2 Å². The number of ketones is 1. The average Bonchev–Trinajstić information content (AvgIpc) is 3.85. The number of carbonyl (C=O) groups is 4. The lowest BCUT2D eigenvalue weighted by Crippen LogP contribution is -2.39. The van der Waals surface area contributed by atoms with E-state index in [-0.39, 0.29) is 135 Å². The normalized spacial score (nSPS) is 23.5. The van der Waals surface area contributed by atoms with Gasteiger partial charge in [-0.2, -0.15) is 0 Å². The van der Waals surface area contributed by atoms with E-state index >= 15 is 0 Å². The Bertz CT molecular complexity index is 1530. The van der Waals surface area contributed by atoms with Crippen molar-refractivity contribution in [1.29, 1.82) is 0 Å². The molecule has 0 radical (unpaired) electrons. The van der Waals surface area contributed by atoms with E-state index < -0.39 is 42.5 Å². The Morgan fingerprint density at radius 3 is 1.47 bits per heavy atom. The number of hydrogen-bond donors (Lipinski definition) is 7. The van der Waals surface area contributed by atoms with Gasteiger partial charge in [-0.1, -0.05) is 49.8 Å². The lowest BCUT2D eigenvalue weighted by Gasteiger charge is -2.26. The Labute approximate surface area is 465 Å². The van der Waals surface area contributed by atoms with Crippen LogP contribution in [0.25, 0.3) is 0 Å². The molecule has 4 rings (SSSR count). The molecule has 0 aliphatic carbocycles. The van der Waals surface area contributed by atoms with Crippen LogP contribution < -0.4 is 0 Å². The predicted molar refractivity (Wildman–Crippen MR) is 298 cm³/mol. The first-order chi connectivity index (χ1) is 33.2. The van der Waals surface area contributed by atoms with Crippen molar-refractivity contribution in [2.24, 2.45) is 0 Å². The van der Waals surface area contributed by atoms with Crippen molar-refractivity contribution in [3.63, 3.8) is 0 Å². The highest BCUT2D eigenvalue weighted by Gasteiger charge is 2.45. The molecule has 464 valence electrons. The van der Waals surface area contributed by atoms with Crippen molar-refractivity contribution in [2.45, 2.75) is 289 Å². The molecule has 21 nitrogen and oxygen atoms in total. The molecular weight excluding hydrogens is 1010 g/mol. The molecule has 9 atom stereocenters. The van der Waals surface area contributed by atoms with Crippen LogP contribution in [0.15, 0.2) is 24.8 Å². The monoisotopic (exact) mass is 1120 g/mol. The first-order valence-corrected chi connectivity index (χ1v) is 24.8. The first kappa shape index (κ1) is 87.8.